The third kappa shape index (κ3) is 10.7. The molecule has 0 fully saturated rings. The van der Waals surface area contributed by atoms with Crippen LogP contribution in [0, 0.1) is 6.92 Å². The van der Waals surface area contributed by atoms with Gasteiger partial charge in [0.2, 0.25) is 9.70 Å². The van der Waals surface area contributed by atoms with Gasteiger partial charge in [0, 0.05) is 12.1 Å². The van der Waals surface area contributed by atoms with Crippen LogP contribution in [0.2, 0.25) is 0 Å². The zero-order chi connectivity index (χ0) is 21.0. The summed E-state index contributed by atoms with van der Waals surface area (Å²) in [5.41, 5.74) is 1.87. The smallest absolute Gasteiger partial charge is 0.228 e. The second-order valence-corrected chi connectivity index (χ2v) is 9.60. The number of hydrogen-bond donors (Lipinski definition) is 3. The molecular formula is C20H30Cl3N3OS. The van der Waals surface area contributed by atoms with Crippen molar-refractivity contribution in [3.63, 3.8) is 0 Å². The Kier molecular flexibility index (Phi) is 12.2. The van der Waals surface area contributed by atoms with Crippen LogP contribution in [0.5, 0.6) is 0 Å². The lowest BCUT2D eigenvalue weighted by molar-refractivity contribution is -0.122. The molecule has 1 aromatic carbocycles. The molecule has 3 N–H and O–H groups in total. The number of rotatable bonds is 11. The van der Waals surface area contributed by atoms with Crippen molar-refractivity contribution in [1.29, 1.82) is 0 Å². The molecule has 158 valence electrons. The molecule has 1 amide bonds. The zero-order valence-corrected chi connectivity index (χ0v) is 19.6. The molecule has 0 bridgehead atoms. The van der Waals surface area contributed by atoms with Crippen molar-refractivity contribution in [1.82, 2.24) is 10.6 Å². The highest BCUT2D eigenvalue weighted by molar-refractivity contribution is 7.80. The van der Waals surface area contributed by atoms with Gasteiger partial charge in [-0.25, -0.2) is 0 Å². The molecular weight excluding hydrogens is 437 g/mol. The number of benzene rings is 1. The highest BCUT2D eigenvalue weighted by atomic mass is 35.6. The molecule has 4 nitrogen and oxygen atoms in total. The van der Waals surface area contributed by atoms with E-state index in [1.807, 2.05) is 31.2 Å². The van der Waals surface area contributed by atoms with Gasteiger partial charge in [0.25, 0.3) is 0 Å². The minimum absolute atomic E-state index is 0.170. The third-order valence-corrected chi connectivity index (χ3v) is 5.18. The summed E-state index contributed by atoms with van der Waals surface area (Å²) in [5, 5.41) is 8.93. The number of anilines is 1. The summed E-state index contributed by atoms with van der Waals surface area (Å²) in [6.45, 7) is 4.16. The molecule has 0 aliphatic carbocycles. The van der Waals surface area contributed by atoms with Crippen LogP contribution < -0.4 is 16.0 Å². The number of alkyl halides is 3. The molecule has 1 unspecified atom stereocenters. The molecule has 1 aromatic rings. The zero-order valence-electron chi connectivity index (χ0n) is 16.5. The molecule has 0 spiro atoms. The Morgan fingerprint density at radius 3 is 2.25 bits per heavy atom. The monoisotopic (exact) mass is 465 g/mol. The summed E-state index contributed by atoms with van der Waals surface area (Å²) in [6.07, 6.45) is 7.42. The van der Waals surface area contributed by atoms with E-state index in [0.717, 1.165) is 30.5 Å². The van der Waals surface area contributed by atoms with Gasteiger partial charge in [-0.1, -0.05) is 98.5 Å². The topological polar surface area (TPSA) is 53.2 Å². The molecule has 8 heteroatoms. The van der Waals surface area contributed by atoms with Gasteiger partial charge in [-0.2, -0.15) is 0 Å². The highest BCUT2D eigenvalue weighted by Gasteiger charge is 2.34. The van der Waals surface area contributed by atoms with Crippen LogP contribution in [0.4, 0.5) is 5.69 Å². The number of thiocarbonyl (C=S) groups is 1. The Balaban J connectivity index is 2.45. The van der Waals surface area contributed by atoms with E-state index in [2.05, 4.69) is 22.9 Å². The van der Waals surface area contributed by atoms with E-state index in [1.165, 1.54) is 25.7 Å². The fourth-order valence-corrected chi connectivity index (χ4v) is 3.23. The van der Waals surface area contributed by atoms with Gasteiger partial charge in [-0.3, -0.25) is 4.79 Å². The average Bonchev–Trinajstić information content (AvgIpc) is 2.61. The number of halogens is 3. The van der Waals surface area contributed by atoms with E-state index < -0.39 is 9.96 Å². The lowest BCUT2D eigenvalue weighted by Gasteiger charge is -2.28. The summed E-state index contributed by atoms with van der Waals surface area (Å²) in [4.78, 5) is 12.2. The van der Waals surface area contributed by atoms with Crippen LogP contribution in [0.25, 0.3) is 0 Å². The Morgan fingerprint density at radius 1 is 1.04 bits per heavy atom. The number of para-hydroxylation sites is 1. The number of carbonyl (C=O) groups excluding carboxylic acids is 1. The van der Waals surface area contributed by atoms with Crippen LogP contribution in [0.1, 0.15) is 63.9 Å². The van der Waals surface area contributed by atoms with Gasteiger partial charge in [-0.05, 0) is 37.2 Å². The Morgan fingerprint density at radius 2 is 1.64 bits per heavy atom. The minimum Gasteiger partial charge on any atom is -0.339 e. The SMILES string of the molecule is CCCCCCCCCC(=O)NC(NC(=S)Nc1ccccc1C)C(Cl)(Cl)Cl. The first-order valence-corrected chi connectivity index (χ1v) is 11.3. The average molecular weight is 467 g/mol. The van der Waals surface area contributed by atoms with E-state index >= 15 is 0 Å². The summed E-state index contributed by atoms with van der Waals surface area (Å²) >= 11 is 23.4. The Labute approximate surface area is 189 Å². The molecule has 1 atom stereocenters. The van der Waals surface area contributed by atoms with Gasteiger partial charge in [0.1, 0.15) is 6.17 Å². The van der Waals surface area contributed by atoms with Gasteiger partial charge < -0.3 is 16.0 Å². The van der Waals surface area contributed by atoms with Crippen LogP contribution in [0.3, 0.4) is 0 Å². The first-order valence-electron chi connectivity index (χ1n) is 9.73. The maximum Gasteiger partial charge on any atom is 0.228 e. The Hall–Kier alpha value is -0.750. The highest BCUT2D eigenvalue weighted by Crippen LogP contribution is 2.29. The number of amides is 1. The van der Waals surface area contributed by atoms with Crippen molar-refractivity contribution in [2.45, 2.75) is 75.2 Å². The summed E-state index contributed by atoms with van der Waals surface area (Å²) in [7, 11) is 0. The Bertz CT molecular complexity index is 623. The predicted octanol–water partition coefficient (Wildman–Crippen LogP) is 6.23. The number of unbranched alkanes of at least 4 members (excludes halogenated alkanes) is 6. The largest absolute Gasteiger partial charge is 0.339 e. The van der Waals surface area contributed by atoms with E-state index in [-0.39, 0.29) is 11.0 Å². The van der Waals surface area contributed by atoms with Crippen LogP contribution in [-0.2, 0) is 4.79 Å². The van der Waals surface area contributed by atoms with Crippen molar-refractivity contribution in [2.24, 2.45) is 0 Å². The number of aryl methyl sites for hydroxylation is 1. The normalized spacial score (nSPS) is 12.3. The molecule has 1 rings (SSSR count). The van der Waals surface area contributed by atoms with Crippen molar-refractivity contribution >= 4 is 63.7 Å². The molecule has 0 aliphatic heterocycles. The summed E-state index contributed by atoms with van der Waals surface area (Å²) in [6, 6.07) is 7.69. The van der Waals surface area contributed by atoms with Crippen molar-refractivity contribution in [3.05, 3.63) is 29.8 Å². The molecule has 0 radical (unpaired) electrons. The molecule has 0 heterocycles. The first kappa shape index (κ1) is 25.3. The van der Waals surface area contributed by atoms with Crippen molar-refractivity contribution in [2.75, 3.05) is 5.32 Å². The lowest BCUT2D eigenvalue weighted by atomic mass is 10.1. The predicted molar refractivity (Wildman–Crippen MR) is 125 cm³/mol. The maximum atomic E-state index is 12.2. The number of carbonyl (C=O) groups is 1. The van der Waals surface area contributed by atoms with E-state index in [4.69, 9.17) is 47.0 Å². The molecule has 0 aliphatic rings. The van der Waals surface area contributed by atoms with Crippen LogP contribution in [-0.4, -0.2) is 21.0 Å². The maximum absolute atomic E-state index is 12.2. The van der Waals surface area contributed by atoms with Crippen molar-refractivity contribution in [3.8, 4) is 0 Å². The summed E-state index contributed by atoms with van der Waals surface area (Å²) in [5.74, 6) is -0.170. The second-order valence-electron chi connectivity index (χ2n) is 6.83. The molecule has 0 saturated carbocycles. The quantitative estimate of drug-likeness (QED) is 0.156. The molecule has 0 saturated heterocycles. The van der Waals surface area contributed by atoms with Gasteiger partial charge >= 0.3 is 0 Å². The summed E-state index contributed by atoms with van der Waals surface area (Å²) < 4.78 is -1.74. The lowest BCUT2D eigenvalue weighted by Crippen LogP contribution is -2.56. The van der Waals surface area contributed by atoms with E-state index in [1.54, 1.807) is 0 Å². The van der Waals surface area contributed by atoms with Gasteiger partial charge in [-0.15, -0.1) is 0 Å². The standard InChI is InChI=1S/C20H30Cl3N3OS/c1-3-4-5-6-7-8-9-14-17(27)25-18(20(21,22)23)26-19(28)24-16-13-11-10-12-15(16)2/h10-13,18H,3-9,14H2,1-2H3,(H,25,27)(H2,24,26,28). The van der Waals surface area contributed by atoms with Crippen molar-refractivity contribution < 1.29 is 4.79 Å². The van der Waals surface area contributed by atoms with Crippen LogP contribution >= 0.6 is 47.0 Å². The van der Waals surface area contributed by atoms with E-state index in [0.29, 0.717) is 6.42 Å². The van der Waals surface area contributed by atoms with Gasteiger partial charge in [0.15, 0.2) is 5.11 Å². The fourth-order valence-electron chi connectivity index (χ4n) is 2.68. The first-order chi connectivity index (χ1) is 13.2. The van der Waals surface area contributed by atoms with Gasteiger partial charge in [0.05, 0.1) is 0 Å². The molecule has 28 heavy (non-hydrogen) atoms. The molecule has 0 aromatic heterocycles. The second kappa shape index (κ2) is 13.5. The number of hydrogen-bond acceptors (Lipinski definition) is 2. The minimum atomic E-state index is -1.74. The van der Waals surface area contributed by atoms with Crippen LogP contribution in [0.15, 0.2) is 24.3 Å². The third-order valence-electron chi connectivity index (χ3n) is 4.31. The number of nitrogens with one attached hydrogen (secondary N) is 3. The fraction of sp³-hybridized carbons (Fsp3) is 0.600. The van der Waals surface area contributed by atoms with E-state index in [9.17, 15) is 4.79 Å².